The van der Waals surface area contributed by atoms with Gasteiger partial charge in [-0.3, -0.25) is 0 Å². The minimum absolute atomic E-state index is 0.233. The van der Waals surface area contributed by atoms with E-state index in [4.69, 9.17) is 10.5 Å². The molecule has 5 heteroatoms. The van der Waals surface area contributed by atoms with E-state index in [1.54, 1.807) is 6.07 Å². The molecule has 1 unspecified atom stereocenters. The fourth-order valence-corrected chi connectivity index (χ4v) is 4.09. The molecule has 32 heavy (non-hydrogen) atoms. The van der Waals surface area contributed by atoms with Gasteiger partial charge in [-0.2, -0.15) is 0 Å². The molecule has 1 aliphatic rings. The first-order chi connectivity index (χ1) is 15.7. The number of rotatable bonds is 10. The monoisotopic (exact) mass is 433 g/mol. The summed E-state index contributed by atoms with van der Waals surface area (Å²) in [5.74, 6) is 0.604. The van der Waals surface area contributed by atoms with E-state index in [2.05, 4.69) is 10.6 Å². The second kappa shape index (κ2) is 11.2. The molecular formula is C27H32FN3O. The molecule has 1 heterocycles. The molecule has 4 nitrogen and oxygen atoms in total. The lowest BCUT2D eigenvalue weighted by Crippen LogP contribution is -2.34. The van der Waals surface area contributed by atoms with Gasteiger partial charge in [-0.25, -0.2) is 4.39 Å². The second-order valence-electron chi connectivity index (χ2n) is 8.32. The molecule has 0 aliphatic carbocycles. The largest absolute Gasteiger partial charge is 0.494 e. The highest BCUT2D eigenvalue weighted by Gasteiger charge is 2.12. The average molecular weight is 434 g/mol. The van der Waals surface area contributed by atoms with Crippen molar-refractivity contribution in [3.8, 4) is 28.0 Å². The van der Waals surface area contributed by atoms with Crippen molar-refractivity contribution in [2.75, 3.05) is 26.2 Å². The predicted molar refractivity (Wildman–Crippen MR) is 129 cm³/mol. The van der Waals surface area contributed by atoms with Gasteiger partial charge in [0.2, 0.25) is 0 Å². The maximum atomic E-state index is 14.8. The van der Waals surface area contributed by atoms with Crippen LogP contribution in [0.25, 0.3) is 22.3 Å². The predicted octanol–water partition coefficient (Wildman–Crippen LogP) is 4.73. The summed E-state index contributed by atoms with van der Waals surface area (Å²) < 4.78 is 20.6. The molecule has 0 bridgehead atoms. The number of hydrogen-bond donors (Lipinski definition) is 3. The summed E-state index contributed by atoms with van der Waals surface area (Å²) in [5.41, 5.74) is 9.93. The van der Waals surface area contributed by atoms with Crippen LogP contribution < -0.4 is 21.1 Å². The van der Waals surface area contributed by atoms with Crippen LogP contribution in [0.4, 0.5) is 4.39 Å². The topological polar surface area (TPSA) is 59.3 Å². The van der Waals surface area contributed by atoms with E-state index >= 15 is 0 Å². The summed E-state index contributed by atoms with van der Waals surface area (Å²) in [7, 11) is 0. The van der Waals surface area contributed by atoms with Gasteiger partial charge in [-0.05, 0) is 72.8 Å². The van der Waals surface area contributed by atoms with E-state index in [1.165, 1.54) is 12.8 Å². The van der Waals surface area contributed by atoms with Crippen molar-refractivity contribution >= 4 is 0 Å². The summed E-state index contributed by atoms with van der Waals surface area (Å²) in [4.78, 5) is 0. The first-order valence-electron chi connectivity index (χ1n) is 11.5. The molecule has 0 saturated carbocycles. The molecule has 1 aliphatic heterocycles. The Balaban J connectivity index is 1.28. The van der Waals surface area contributed by atoms with Crippen LogP contribution in [0.3, 0.4) is 0 Å². The van der Waals surface area contributed by atoms with E-state index in [9.17, 15) is 4.39 Å². The smallest absolute Gasteiger partial charge is 0.131 e. The van der Waals surface area contributed by atoms with Gasteiger partial charge in [0.15, 0.2) is 0 Å². The molecule has 0 spiro atoms. The third kappa shape index (κ3) is 5.94. The van der Waals surface area contributed by atoms with Gasteiger partial charge >= 0.3 is 0 Å². The first-order valence-corrected chi connectivity index (χ1v) is 11.5. The Hall–Kier alpha value is -2.73. The zero-order chi connectivity index (χ0) is 22.2. The van der Waals surface area contributed by atoms with Crippen LogP contribution in [0.1, 0.15) is 24.8 Å². The zero-order valence-corrected chi connectivity index (χ0v) is 18.4. The molecular weight excluding hydrogens is 401 g/mol. The quantitative estimate of drug-likeness (QED) is 0.405. The Bertz CT molecular complexity index is 983. The van der Waals surface area contributed by atoms with E-state index < -0.39 is 0 Å². The minimum atomic E-state index is -0.233. The number of hydrogen-bond acceptors (Lipinski definition) is 4. The van der Waals surface area contributed by atoms with Gasteiger partial charge in [0.05, 0.1) is 6.61 Å². The maximum Gasteiger partial charge on any atom is 0.131 e. The van der Waals surface area contributed by atoms with Crippen molar-refractivity contribution in [1.29, 1.82) is 0 Å². The molecule has 4 N–H and O–H groups in total. The van der Waals surface area contributed by atoms with Crippen molar-refractivity contribution in [3.63, 3.8) is 0 Å². The third-order valence-corrected chi connectivity index (χ3v) is 5.98. The van der Waals surface area contributed by atoms with Gasteiger partial charge in [0, 0.05) is 24.7 Å². The molecule has 0 amide bonds. The Morgan fingerprint density at radius 1 is 0.969 bits per heavy atom. The molecule has 3 aromatic carbocycles. The van der Waals surface area contributed by atoms with Gasteiger partial charge in [-0.15, -0.1) is 0 Å². The highest BCUT2D eigenvalue weighted by molar-refractivity contribution is 5.71. The van der Waals surface area contributed by atoms with Crippen molar-refractivity contribution in [2.45, 2.75) is 31.8 Å². The maximum absolute atomic E-state index is 14.8. The third-order valence-electron chi connectivity index (χ3n) is 5.98. The average Bonchev–Trinajstić information content (AvgIpc) is 3.35. The summed E-state index contributed by atoms with van der Waals surface area (Å²) in [6, 6.07) is 21.5. The SMILES string of the molecule is NCc1ccc(-c2ccc(-c3ccc(OCCCNCC4CCCN4)cc3)cc2F)cc1. The molecule has 0 radical (unpaired) electrons. The molecule has 1 atom stereocenters. The van der Waals surface area contributed by atoms with E-state index in [1.807, 2.05) is 60.7 Å². The number of ether oxygens (including phenoxy) is 1. The second-order valence-corrected chi connectivity index (χ2v) is 8.32. The fraction of sp³-hybridized carbons (Fsp3) is 0.333. The Morgan fingerprint density at radius 3 is 2.41 bits per heavy atom. The van der Waals surface area contributed by atoms with Gasteiger partial charge in [0.25, 0.3) is 0 Å². The van der Waals surface area contributed by atoms with Crippen molar-refractivity contribution < 1.29 is 9.13 Å². The van der Waals surface area contributed by atoms with Crippen LogP contribution in [0.5, 0.6) is 5.75 Å². The minimum Gasteiger partial charge on any atom is -0.494 e. The number of nitrogens with two attached hydrogens (primary N) is 1. The number of benzene rings is 3. The zero-order valence-electron chi connectivity index (χ0n) is 18.4. The van der Waals surface area contributed by atoms with Gasteiger partial charge in [0.1, 0.15) is 11.6 Å². The van der Waals surface area contributed by atoms with Crippen LogP contribution in [-0.4, -0.2) is 32.3 Å². The van der Waals surface area contributed by atoms with E-state index in [0.29, 0.717) is 24.8 Å². The molecule has 0 aromatic heterocycles. The number of nitrogens with one attached hydrogen (secondary N) is 2. The summed E-state index contributed by atoms with van der Waals surface area (Å²) >= 11 is 0. The van der Waals surface area contributed by atoms with Gasteiger partial charge < -0.3 is 21.1 Å². The lowest BCUT2D eigenvalue weighted by Gasteiger charge is -2.12. The molecule has 1 saturated heterocycles. The summed E-state index contributed by atoms with van der Waals surface area (Å²) in [6.07, 6.45) is 3.52. The summed E-state index contributed by atoms with van der Waals surface area (Å²) in [5, 5.41) is 6.98. The van der Waals surface area contributed by atoms with Crippen LogP contribution in [0, 0.1) is 5.82 Å². The van der Waals surface area contributed by atoms with Gasteiger partial charge in [-0.1, -0.05) is 48.5 Å². The molecule has 4 rings (SSSR count). The van der Waals surface area contributed by atoms with Crippen molar-refractivity contribution in [2.24, 2.45) is 5.73 Å². The lowest BCUT2D eigenvalue weighted by atomic mass is 9.99. The lowest BCUT2D eigenvalue weighted by molar-refractivity contribution is 0.307. The van der Waals surface area contributed by atoms with Crippen molar-refractivity contribution in [3.05, 3.63) is 78.1 Å². The Morgan fingerprint density at radius 2 is 1.72 bits per heavy atom. The first kappa shape index (κ1) is 22.5. The standard InChI is InChI=1S/C27H32FN3O/c28-27-17-23(10-13-26(27)22-6-4-20(18-29)5-7-22)21-8-11-25(12-9-21)32-16-2-14-30-19-24-3-1-15-31-24/h4-13,17,24,30-31H,1-3,14-16,18-19,29H2. The Kier molecular flexibility index (Phi) is 7.88. The summed E-state index contributed by atoms with van der Waals surface area (Å²) in [6.45, 7) is 4.29. The molecule has 168 valence electrons. The fourth-order valence-electron chi connectivity index (χ4n) is 4.09. The van der Waals surface area contributed by atoms with Crippen molar-refractivity contribution in [1.82, 2.24) is 10.6 Å². The Labute approximate surface area is 190 Å². The van der Waals surface area contributed by atoms with Crippen LogP contribution in [-0.2, 0) is 6.54 Å². The highest BCUT2D eigenvalue weighted by Crippen LogP contribution is 2.29. The number of halogens is 1. The molecule has 1 fully saturated rings. The van der Waals surface area contributed by atoms with E-state index in [0.717, 1.165) is 54.1 Å². The normalized spacial score (nSPS) is 15.8. The highest BCUT2D eigenvalue weighted by atomic mass is 19.1. The molecule has 3 aromatic rings. The van der Waals surface area contributed by atoms with Crippen LogP contribution in [0.15, 0.2) is 66.7 Å². The van der Waals surface area contributed by atoms with Crippen LogP contribution in [0.2, 0.25) is 0 Å². The van der Waals surface area contributed by atoms with Crippen LogP contribution >= 0.6 is 0 Å². The van der Waals surface area contributed by atoms with E-state index in [-0.39, 0.29) is 5.82 Å².